The topological polar surface area (TPSA) is 74.0 Å². The van der Waals surface area contributed by atoms with Crippen LogP contribution in [-0.4, -0.2) is 33.9 Å². The summed E-state index contributed by atoms with van der Waals surface area (Å²) in [5.74, 6) is 1.08. The van der Waals surface area contributed by atoms with Gasteiger partial charge in [-0.25, -0.2) is 10.4 Å². The molecule has 0 saturated carbocycles. The van der Waals surface area contributed by atoms with Crippen LogP contribution in [0.2, 0.25) is 0 Å². The number of benzene rings is 1. The average Bonchev–Trinajstić information content (AvgIpc) is 3.33. The second kappa shape index (κ2) is 6.43. The lowest BCUT2D eigenvalue weighted by molar-refractivity contribution is -0.117. The first-order valence-electron chi connectivity index (χ1n) is 10.0. The summed E-state index contributed by atoms with van der Waals surface area (Å²) in [5, 5.41) is 11.4. The summed E-state index contributed by atoms with van der Waals surface area (Å²) in [6.45, 7) is 2.86. The Morgan fingerprint density at radius 2 is 2.10 bits per heavy atom. The minimum atomic E-state index is -0.403. The number of hydrazine groups is 1. The highest BCUT2D eigenvalue weighted by molar-refractivity contribution is 6.00. The molecule has 1 aromatic heterocycles. The lowest BCUT2D eigenvalue weighted by Gasteiger charge is -2.41. The highest BCUT2D eigenvalue weighted by Crippen LogP contribution is 2.48. The van der Waals surface area contributed by atoms with Crippen molar-refractivity contribution in [2.24, 2.45) is 5.92 Å². The van der Waals surface area contributed by atoms with Gasteiger partial charge in [0.05, 0.1) is 11.3 Å². The SMILES string of the molecule is CN1C=C(c2nc3c(n2-c2ccccc2)CCC2CC(=O)C(C#N)=CC32C)CN1. The molecule has 0 amide bonds. The van der Waals surface area contributed by atoms with E-state index >= 15 is 0 Å². The largest absolute Gasteiger partial charge is 0.318 e. The van der Waals surface area contributed by atoms with Gasteiger partial charge in [-0.1, -0.05) is 31.2 Å². The second-order valence-corrected chi connectivity index (χ2v) is 8.32. The van der Waals surface area contributed by atoms with Gasteiger partial charge in [0.1, 0.15) is 11.9 Å². The molecule has 0 spiro atoms. The molecule has 0 bridgehead atoms. The van der Waals surface area contributed by atoms with Gasteiger partial charge in [-0.15, -0.1) is 0 Å². The van der Waals surface area contributed by atoms with Gasteiger partial charge in [0.15, 0.2) is 5.78 Å². The first kappa shape index (κ1) is 17.9. The quantitative estimate of drug-likeness (QED) is 0.860. The molecule has 2 aliphatic carbocycles. The molecule has 1 aromatic carbocycles. The number of hydrogen-bond donors (Lipinski definition) is 1. The van der Waals surface area contributed by atoms with Crippen LogP contribution in [0.1, 0.15) is 37.0 Å². The standard InChI is InChI=1S/C23H23N5O/c1-23-11-15(12-24)20(29)10-17(23)8-9-19-21(23)26-22(16-13-25-27(2)14-16)28(19)18-6-4-3-5-7-18/h3-7,11,14,17,25H,8-10,13H2,1-2H3. The van der Waals surface area contributed by atoms with E-state index in [-0.39, 0.29) is 17.3 Å². The Labute approximate surface area is 170 Å². The van der Waals surface area contributed by atoms with E-state index in [1.165, 1.54) is 5.69 Å². The molecule has 146 valence electrons. The van der Waals surface area contributed by atoms with E-state index in [9.17, 15) is 10.1 Å². The summed E-state index contributed by atoms with van der Waals surface area (Å²) in [5.41, 5.74) is 7.57. The molecule has 0 radical (unpaired) electrons. The molecular formula is C23H23N5O. The number of fused-ring (bicyclic) bond motifs is 3. The van der Waals surface area contributed by atoms with Crippen LogP contribution in [0.4, 0.5) is 0 Å². The molecule has 29 heavy (non-hydrogen) atoms. The van der Waals surface area contributed by atoms with E-state index in [1.807, 2.05) is 36.3 Å². The Morgan fingerprint density at radius 1 is 1.31 bits per heavy atom. The van der Waals surface area contributed by atoms with Crippen molar-refractivity contribution >= 4 is 11.4 Å². The van der Waals surface area contributed by atoms with Gasteiger partial charge in [-0.3, -0.25) is 9.36 Å². The molecule has 6 nitrogen and oxygen atoms in total. The van der Waals surface area contributed by atoms with Crippen molar-refractivity contribution in [3.05, 3.63) is 65.4 Å². The van der Waals surface area contributed by atoms with Crippen molar-refractivity contribution in [1.29, 1.82) is 5.26 Å². The number of nitriles is 1. The Morgan fingerprint density at radius 3 is 2.79 bits per heavy atom. The Balaban J connectivity index is 1.76. The molecule has 1 N–H and O–H groups in total. The minimum Gasteiger partial charge on any atom is -0.318 e. The van der Waals surface area contributed by atoms with E-state index in [0.29, 0.717) is 6.42 Å². The first-order valence-corrected chi connectivity index (χ1v) is 10.0. The van der Waals surface area contributed by atoms with Gasteiger partial charge in [0, 0.05) is 48.6 Å². The molecule has 2 heterocycles. The van der Waals surface area contributed by atoms with Gasteiger partial charge in [-0.2, -0.15) is 5.26 Å². The van der Waals surface area contributed by atoms with Crippen LogP contribution in [0.3, 0.4) is 0 Å². The molecule has 6 heteroatoms. The summed E-state index contributed by atoms with van der Waals surface area (Å²) in [7, 11) is 1.98. The van der Waals surface area contributed by atoms with Crippen LogP contribution < -0.4 is 5.43 Å². The fourth-order valence-electron chi connectivity index (χ4n) is 4.97. The highest BCUT2D eigenvalue weighted by Gasteiger charge is 2.47. The number of Topliss-reactive ketones (excluding diaryl/α,β-unsaturated/α-hetero) is 1. The van der Waals surface area contributed by atoms with Crippen molar-refractivity contribution in [3.8, 4) is 11.8 Å². The number of ketones is 1. The number of nitrogens with one attached hydrogen (secondary N) is 1. The van der Waals surface area contributed by atoms with Crippen LogP contribution >= 0.6 is 0 Å². The van der Waals surface area contributed by atoms with Gasteiger partial charge < -0.3 is 5.01 Å². The van der Waals surface area contributed by atoms with E-state index in [4.69, 9.17) is 4.98 Å². The molecule has 1 aliphatic heterocycles. The Hall–Kier alpha value is -3.17. The normalized spacial score (nSPS) is 25.8. The Bertz CT molecular complexity index is 1100. The number of para-hydroxylation sites is 1. The van der Waals surface area contributed by atoms with Crippen LogP contribution in [0, 0.1) is 17.2 Å². The molecule has 2 aromatic rings. The number of carbonyl (C=O) groups excluding carboxylic acids is 1. The van der Waals surface area contributed by atoms with Crippen LogP contribution in [0.25, 0.3) is 11.3 Å². The molecule has 5 rings (SSSR count). The third-order valence-electron chi connectivity index (χ3n) is 6.53. The van der Waals surface area contributed by atoms with Gasteiger partial charge in [0.2, 0.25) is 0 Å². The monoisotopic (exact) mass is 385 g/mol. The predicted octanol–water partition coefficient (Wildman–Crippen LogP) is 2.91. The number of hydrogen-bond acceptors (Lipinski definition) is 5. The molecule has 2 unspecified atom stereocenters. The van der Waals surface area contributed by atoms with Crippen molar-refractivity contribution < 1.29 is 4.79 Å². The predicted molar refractivity (Wildman–Crippen MR) is 110 cm³/mol. The van der Waals surface area contributed by atoms with Crippen molar-refractivity contribution in [1.82, 2.24) is 20.0 Å². The van der Waals surface area contributed by atoms with Gasteiger partial charge in [0.25, 0.3) is 0 Å². The van der Waals surface area contributed by atoms with Gasteiger partial charge in [-0.05, 0) is 30.9 Å². The van der Waals surface area contributed by atoms with E-state index < -0.39 is 5.41 Å². The maximum atomic E-state index is 12.3. The number of nitrogens with zero attached hydrogens (tertiary/aromatic N) is 4. The maximum Gasteiger partial charge on any atom is 0.173 e. The molecule has 0 saturated heterocycles. The lowest BCUT2D eigenvalue weighted by Crippen LogP contribution is -2.40. The summed E-state index contributed by atoms with van der Waals surface area (Å²) in [6, 6.07) is 12.4. The molecule has 3 aliphatic rings. The summed E-state index contributed by atoms with van der Waals surface area (Å²) >= 11 is 0. The number of aromatic nitrogens is 2. The summed E-state index contributed by atoms with van der Waals surface area (Å²) in [6.07, 6.45) is 6.17. The number of imidazole rings is 1. The van der Waals surface area contributed by atoms with E-state index in [2.05, 4.69) is 41.3 Å². The third-order valence-corrected chi connectivity index (χ3v) is 6.53. The minimum absolute atomic E-state index is 0.0366. The van der Waals surface area contributed by atoms with Gasteiger partial charge >= 0.3 is 0 Å². The van der Waals surface area contributed by atoms with E-state index in [0.717, 1.165) is 42.2 Å². The van der Waals surface area contributed by atoms with Crippen molar-refractivity contribution in [3.63, 3.8) is 0 Å². The van der Waals surface area contributed by atoms with Crippen LogP contribution in [0.5, 0.6) is 0 Å². The Kier molecular flexibility index (Phi) is 3.97. The average molecular weight is 385 g/mol. The second-order valence-electron chi connectivity index (χ2n) is 8.32. The van der Waals surface area contributed by atoms with Crippen LogP contribution in [-0.2, 0) is 16.6 Å². The molecule has 2 atom stereocenters. The molecular weight excluding hydrogens is 362 g/mol. The van der Waals surface area contributed by atoms with E-state index in [1.54, 1.807) is 0 Å². The fourth-order valence-corrected chi connectivity index (χ4v) is 4.97. The zero-order chi connectivity index (χ0) is 20.2. The number of rotatable bonds is 2. The zero-order valence-electron chi connectivity index (χ0n) is 16.6. The van der Waals surface area contributed by atoms with Crippen LogP contribution in [0.15, 0.2) is 48.2 Å². The maximum absolute atomic E-state index is 12.3. The zero-order valence-corrected chi connectivity index (χ0v) is 16.6. The smallest absolute Gasteiger partial charge is 0.173 e. The summed E-state index contributed by atoms with van der Waals surface area (Å²) in [4.78, 5) is 17.5. The van der Waals surface area contributed by atoms with Crippen molar-refractivity contribution in [2.45, 2.75) is 31.6 Å². The highest BCUT2D eigenvalue weighted by atomic mass is 16.1. The fraction of sp³-hybridized carbons (Fsp3) is 0.348. The number of carbonyl (C=O) groups is 1. The summed E-state index contributed by atoms with van der Waals surface area (Å²) < 4.78 is 2.26. The lowest BCUT2D eigenvalue weighted by atomic mass is 9.62. The number of allylic oxidation sites excluding steroid dienone is 2. The first-order chi connectivity index (χ1) is 14.0. The van der Waals surface area contributed by atoms with Crippen molar-refractivity contribution in [2.75, 3.05) is 13.6 Å². The molecule has 0 fully saturated rings. The third kappa shape index (κ3) is 2.65.